The van der Waals surface area contributed by atoms with Gasteiger partial charge in [-0.15, -0.1) is 0 Å². The van der Waals surface area contributed by atoms with Crippen LogP contribution in [-0.4, -0.2) is 12.6 Å². The molecular weight excluding hydrogens is 288 g/mol. The molecule has 0 spiro atoms. The molecule has 0 amide bonds. The van der Waals surface area contributed by atoms with Crippen molar-refractivity contribution < 1.29 is 9.53 Å². The Bertz CT molecular complexity index is 680. The molecule has 0 saturated heterocycles. The second-order valence-corrected chi connectivity index (χ2v) is 6.31. The highest BCUT2D eigenvalue weighted by Crippen LogP contribution is 2.49. The van der Waals surface area contributed by atoms with Crippen LogP contribution >= 0.6 is 23.5 Å². The highest BCUT2D eigenvalue weighted by molar-refractivity contribution is 8.05. The van der Waals surface area contributed by atoms with Gasteiger partial charge in [-0.2, -0.15) is 0 Å². The first-order valence-corrected chi connectivity index (χ1v) is 7.78. The lowest BCUT2D eigenvalue weighted by Gasteiger charge is -2.20. The van der Waals surface area contributed by atoms with Crippen LogP contribution in [0.3, 0.4) is 0 Å². The van der Waals surface area contributed by atoms with Gasteiger partial charge in [0.15, 0.2) is 0 Å². The minimum Gasteiger partial charge on any atom is -0.458 e. The number of benzene rings is 2. The topological polar surface area (TPSA) is 26.3 Å². The molecule has 20 heavy (non-hydrogen) atoms. The summed E-state index contributed by atoms with van der Waals surface area (Å²) in [4.78, 5) is 16.6. The molecule has 1 aliphatic heterocycles. The van der Waals surface area contributed by atoms with Crippen LogP contribution in [0.4, 0.5) is 0 Å². The van der Waals surface area contributed by atoms with Gasteiger partial charge in [0.05, 0.1) is 5.56 Å². The van der Waals surface area contributed by atoms with Crippen LogP contribution in [0, 0.1) is 0 Å². The van der Waals surface area contributed by atoms with Gasteiger partial charge >= 0.3 is 5.97 Å². The second-order valence-electron chi connectivity index (χ2n) is 4.17. The van der Waals surface area contributed by atoms with Crippen molar-refractivity contribution in [2.75, 3.05) is 6.61 Å². The number of carbonyl (C=O) groups excluding carboxylic acids is 1. The van der Waals surface area contributed by atoms with Gasteiger partial charge < -0.3 is 4.74 Å². The molecule has 0 aliphatic carbocycles. The van der Waals surface area contributed by atoms with Gasteiger partial charge in [-0.3, -0.25) is 0 Å². The molecular formula is C16H12O2S2. The van der Waals surface area contributed by atoms with Gasteiger partial charge in [-0.25, -0.2) is 4.79 Å². The molecule has 2 aromatic carbocycles. The Hall–Kier alpha value is -1.65. The molecule has 1 aliphatic rings. The Morgan fingerprint density at radius 2 is 1.75 bits per heavy atom. The van der Waals surface area contributed by atoms with Crippen LogP contribution in [0.25, 0.3) is 0 Å². The summed E-state index contributed by atoms with van der Waals surface area (Å²) in [7, 11) is 0. The lowest BCUT2D eigenvalue weighted by Crippen LogP contribution is -2.08. The SMILES string of the molecule is C=CCOC(=O)c1cccc2c1Sc1ccccc1S2. The van der Waals surface area contributed by atoms with E-state index in [1.54, 1.807) is 29.6 Å². The second kappa shape index (κ2) is 5.77. The first-order valence-electron chi connectivity index (χ1n) is 6.15. The maximum Gasteiger partial charge on any atom is 0.339 e. The number of carbonyl (C=O) groups is 1. The van der Waals surface area contributed by atoms with Gasteiger partial charge in [-0.05, 0) is 24.3 Å². The van der Waals surface area contributed by atoms with Gasteiger partial charge in [0.2, 0.25) is 0 Å². The predicted octanol–water partition coefficient (Wildman–Crippen LogP) is 4.65. The average Bonchev–Trinajstić information content (AvgIpc) is 2.50. The Labute approximate surface area is 126 Å². The summed E-state index contributed by atoms with van der Waals surface area (Å²) in [5, 5.41) is 0. The summed E-state index contributed by atoms with van der Waals surface area (Å²) in [5.74, 6) is -0.297. The largest absolute Gasteiger partial charge is 0.458 e. The first-order chi connectivity index (χ1) is 9.79. The first kappa shape index (κ1) is 13.3. The maximum atomic E-state index is 12.1. The van der Waals surface area contributed by atoms with Crippen LogP contribution in [0.15, 0.2) is 74.7 Å². The number of hydrogen-bond donors (Lipinski definition) is 0. The third kappa shape index (κ3) is 2.49. The fourth-order valence-corrected chi connectivity index (χ4v) is 4.29. The third-order valence-corrected chi connectivity index (χ3v) is 5.43. The molecule has 100 valence electrons. The molecule has 0 radical (unpaired) electrons. The van der Waals surface area contributed by atoms with E-state index in [1.165, 1.54) is 9.79 Å². The van der Waals surface area contributed by atoms with Gasteiger partial charge in [0, 0.05) is 19.6 Å². The molecule has 0 bridgehead atoms. The smallest absolute Gasteiger partial charge is 0.339 e. The number of esters is 1. The molecule has 0 atom stereocenters. The van der Waals surface area contributed by atoms with Gasteiger partial charge in [0.1, 0.15) is 6.61 Å². The van der Waals surface area contributed by atoms with E-state index in [9.17, 15) is 4.79 Å². The predicted molar refractivity (Wildman–Crippen MR) is 81.6 cm³/mol. The van der Waals surface area contributed by atoms with Crippen LogP contribution in [0.5, 0.6) is 0 Å². The van der Waals surface area contributed by atoms with E-state index in [0.717, 1.165) is 9.79 Å². The van der Waals surface area contributed by atoms with Crippen molar-refractivity contribution in [1.29, 1.82) is 0 Å². The van der Waals surface area contributed by atoms with Crippen molar-refractivity contribution in [3.8, 4) is 0 Å². The molecule has 1 heterocycles. The quantitative estimate of drug-likeness (QED) is 0.520. The molecule has 0 N–H and O–H groups in total. The minimum atomic E-state index is -0.297. The van der Waals surface area contributed by atoms with E-state index < -0.39 is 0 Å². The van der Waals surface area contributed by atoms with E-state index in [0.29, 0.717) is 5.56 Å². The molecule has 0 saturated carbocycles. The van der Waals surface area contributed by atoms with Crippen LogP contribution < -0.4 is 0 Å². The summed E-state index contributed by atoms with van der Waals surface area (Å²) in [6, 6.07) is 13.9. The summed E-state index contributed by atoms with van der Waals surface area (Å²) in [5.41, 5.74) is 0.622. The lowest BCUT2D eigenvalue weighted by atomic mass is 10.2. The fraction of sp³-hybridized carbons (Fsp3) is 0.0625. The van der Waals surface area contributed by atoms with E-state index >= 15 is 0 Å². The zero-order valence-electron chi connectivity index (χ0n) is 10.7. The van der Waals surface area contributed by atoms with Crippen molar-refractivity contribution in [3.63, 3.8) is 0 Å². The van der Waals surface area contributed by atoms with Gasteiger partial charge in [-0.1, -0.05) is 54.4 Å². The van der Waals surface area contributed by atoms with Crippen molar-refractivity contribution in [3.05, 3.63) is 60.7 Å². The summed E-state index contributed by atoms with van der Waals surface area (Å²) in [6.45, 7) is 3.79. The molecule has 2 nitrogen and oxygen atoms in total. The zero-order chi connectivity index (χ0) is 13.9. The fourth-order valence-electron chi connectivity index (χ4n) is 1.92. The lowest BCUT2D eigenvalue weighted by molar-refractivity contribution is 0.0545. The Morgan fingerprint density at radius 1 is 1.05 bits per heavy atom. The summed E-state index contributed by atoms with van der Waals surface area (Å²) >= 11 is 3.31. The maximum absolute atomic E-state index is 12.1. The van der Waals surface area contributed by atoms with E-state index in [2.05, 4.69) is 18.7 Å². The van der Waals surface area contributed by atoms with Crippen LogP contribution in [0.1, 0.15) is 10.4 Å². The van der Waals surface area contributed by atoms with E-state index in [4.69, 9.17) is 4.74 Å². The monoisotopic (exact) mass is 300 g/mol. The van der Waals surface area contributed by atoms with E-state index in [-0.39, 0.29) is 12.6 Å². The summed E-state index contributed by atoms with van der Waals surface area (Å²) < 4.78 is 5.15. The number of fused-ring (bicyclic) bond motifs is 2. The molecule has 0 aromatic heterocycles. The van der Waals surface area contributed by atoms with Crippen LogP contribution in [0.2, 0.25) is 0 Å². The Kier molecular flexibility index (Phi) is 3.85. The minimum absolute atomic E-state index is 0.233. The zero-order valence-corrected chi connectivity index (χ0v) is 12.3. The van der Waals surface area contributed by atoms with Crippen molar-refractivity contribution in [2.24, 2.45) is 0 Å². The highest BCUT2D eigenvalue weighted by Gasteiger charge is 2.22. The van der Waals surface area contributed by atoms with Crippen molar-refractivity contribution in [1.82, 2.24) is 0 Å². The average molecular weight is 300 g/mol. The van der Waals surface area contributed by atoms with Gasteiger partial charge in [0.25, 0.3) is 0 Å². The molecule has 0 fully saturated rings. The number of hydrogen-bond acceptors (Lipinski definition) is 4. The van der Waals surface area contributed by atoms with Crippen molar-refractivity contribution >= 4 is 29.5 Å². The number of ether oxygens (including phenoxy) is 1. The van der Waals surface area contributed by atoms with E-state index in [1.807, 2.05) is 30.3 Å². The molecule has 3 rings (SSSR count). The molecule has 4 heteroatoms. The molecule has 0 unspecified atom stereocenters. The van der Waals surface area contributed by atoms with Crippen LogP contribution in [-0.2, 0) is 4.74 Å². The Morgan fingerprint density at radius 3 is 2.50 bits per heavy atom. The third-order valence-electron chi connectivity index (χ3n) is 2.81. The van der Waals surface area contributed by atoms with Crippen molar-refractivity contribution in [2.45, 2.75) is 19.6 Å². The highest BCUT2D eigenvalue weighted by atomic mass is 32.2. The normalized spacial score (nSPS) is 12.2. The Balaban J connectivity index is 1.97. The number of rotatable bonds is 3. The summed E-state index contributed by atoms with van der Waals surface area (Å²) in [6.07, 6.45) is 1.57. The molecule has 2 aromatic rings. The standard InChI is InChI=1S/C16H12O2S2/c1-2-10-18-16(17)11-6-5-9-14-15(11)20-13-8-4-3-7-12(13)19-14/h2-9H,1,10H2.